The second kappa shape index (κ2) is 15.6. The van der Waals surface area contributed by atoms with E-state index in [0.717, 1.165) is 18.4 Å². The number of benzene rings is 3. The Hall–Kier alpha value is -4.93. The second-order valence-corrected chi connectivity index (χ2v) is 12.1. The van der Waals surface area contributed by atoms with Crippen molar-refractivity contribution in [1.29, 1.82) is 0 Å². The molecule has 1 aromatic heterocycles. The van der Waals surface area contributed by atoms with Crippen molar-refractivity contribution < 1.29 is 29.4 Å². The molecule has 2 aliphatic heterocycles. The Morgan fingerprint density at radius 2 is 1.57 bits per heavy atom. The number of fused-ring (bicyclic) bond motifs is 2. The Morgan fingerprint density at radius 3 is 2.26 bits per heavy atom. The lowest BCUT2D eigenvalue weighted by Crippen LogP contribution is -2.56. The van der Waals surface area contributed by atoms with E-state index in [1.807, 2.05) is 47.5 Å². The van der Waals surface area contributed by atoms with Crippen LogP contribution in [0.4, 0.5) is 0 Å². The lowest BCUT2D eigenvalue weighted by molar-refractivity contribution is -0.137. The van der Waals surface area contributed by atoms with Gasteiger partial charge >= 0.3 is 11.9 Å². The number of H-pyrrole nitrogens is 1. The third-order valence-corrected chi connectivity index (χ3v) is 8.85. The minimum atomic E-state index is -1.26. The Morgan fingerprint density at radius 1 is 0.894 bits per heavy atom. The fourth-order valence-electron chi connectivity index (χ4n) is 6.19. The number of hydrogen-bond acceptors (Lipinski definition) is 5. The minimum absolute atomic E-state index is 0.0222. The van der Waals surface area contributed by atoms with Gasteiger partial charge in [-0.2, -0.15) is 0 Å². The number of piperidine rings is 1. The molecule has 0 saturated carbocycles. The quantitative estimate of drug-likeness (QED) is 0.173. The summed E-state index contributed by atoms with van der Waals surface area (Å²) in [5, 5.41) is 24.0. The number of likely N-dealkylation sites (tertiary alicyclic amines) is 1. The third-order valence-electron chi connectivity index (χ3n) is 8.60. The summed E-state index contributed by atoms with van der Waals surface area (Å²) in [5.41, 5.74) is 5.87. The predicted molar refractivity (Wildman–Crippen MR) is 179 cm³/mol. The molecule has 4 aromatic rings. The molecule has 10 nitrogen and oxygen atoms in total. The fraction of sp³-hybridized carbons (Fsp3) is 0.278. The molecule has 2 aliphatic rings. The van der Waals surface area contributed by atoms with E-state index in [2.05, 4.69) is 52.0 Å². The van der Waals surface area contributed by atoms with Crippen LogP contribution in [-0.2, 0) is 38.6 Å². The van der Waals surface area contributed by atoms with Gasteiger partial charge in [0.15, 0.2) is 0 Å². The molecular formula is C36H37ClN4O6. The summed E-state index contributed by atoms with van der Waals surface area (Å²) in [7, 11) is 0. The molecule has 3 aromatic carbocycles. The summed E-state index contributed by atoms with van der Waals surface area (Å²) in [6.45, 7) is 1.98. The van der Waals surface area contributed by atoms with Gasteiger partial charge in [0.2, 0.25) is 11.8 Å². The largest absolute Gasteiger partial charge is 0.478 e. The van der Waals surface area contributed by atoms with Gasteiger partial charge in [-0.25, -0.2) is 9.59 Å². The highest BCUT2D eigenvalue weighted by molar-refractivity contribution is 6.30. The smallest absolute Gasteiger partial charge is 0.328 e. The van der Waals surface area contributed by atoms with E-state index in [1.165, 1.54) is 27.6 Å². The van der Waals surface area contributed by atoms with Crippen LogP contribution in [-0.4, -0.2) is 69.0 Å². The van der Waals surface area contributed by atoms with Crippen molar-refractivity contribution in [3.05, 3.63) is 118 Å². The summed E-state index contributed by atoms with van der Waals surface area (Å²) in [6.07, 6.45) is 5.92. The van der Waals surface area contributed by atoms with Crippen LogP contribution in [0, 0.1) is 0 Å². The lowest BCUT2D eigenvalue weighted by atomic mass is 9.88. The zero-order valence-electron chi connectivity index (χ0n) is 25.7. The van der Waals surface area contributed by atoms with Crippen LogP contribution < -0.4 is 10.6 Å². The highest BCUT2D eigenvalue weighted by Gasteiger charge is 2.33. The number of para-hydroxylation sites is 1. The number of amides is 2. The number of aliphatic carboxylic acids is 2. The number of aromatic nitrogens is 1. The first-order chi connectivity index (χ1) is 22.7. The van der Waals surface area contributed by atoms with Crippen LogP contribution in [0.15, 0.2) is 91.1 Å². The molecule has 2 atom stereocenters. The summed E-state index contributed by atoms with van der Waals surface area (Å²) in [5.74, 6) is -2.27. The second-order valence-electron chi connectivity index (χ2n) is 11.7. The molecule has 11 heteroatoms. The molecule has 0 radical (unpaired) electrons. The normalized spacial score (nSPS) is 17.0. The zero-order valence-corrected chi connectivity index (χ0v) is 26.5. The van der Waals surface area contributed by atoms with Crippen molar-refractivity contribution in [1.82, 2.24) is 20.5 Å². The number of carboxylic acid groups (broad SMARTS) is 2. The number of rotatable bonds is 8. The van der Waals surface area contributed by atoms with Crippen molar-refractivity contribution in [3.63, 3.8) is 0 Å². The van der Waals surface area contributed by atoms with E-state index >= 15 is 0 Å². The zero-order chi connectivity index (χ0) is 33.3. The molecule has 0 unspecified atom stereocenters. The molecule has 1 fully saturated rings. The van der Waals surface area contributed by atoms with Gasteiger partial charge < -0.3 is 30.7 Å². The third kappa shape index (κ3) is 8.87. The van der Waals surface area contributed by atoms with Gasteiger partial charge in [-0.05, 0) is 71.0 Å². The van der Waals surface area contributed by atoms with E-state index in [4.69, 9.17) is 21.8 Å². The number of hydrogen-bond donors (Lipinski definition) is 5. The van der Waals surface area contributed by atoms with Crippen molar-refractivity contribution >= 4 is 46.3 Å². The van der Waals surface area contributed by atoms with Gasteiger partial charge in [-0.3, -0.25) is 9.59 Å². The maximum absolute atomic E-state index is 13.9. The molecular weight excluding hydrogens is 620 g/mol. The molecule has 5 N–H and O–H groups in total. The highest BCUT2D eigenvalue weighted by Crippen LogP contribution is 2.33. The minimum Gasteiger partial charge on any atom is -0.478 e. The molecule has 0 spiro atoms. The standard InChI is InChI=1S/C32H33ClN4O2.C4H4O4/c33-26-10-8-21(9-11-26)18-29(36-31(38)28-19-24-4-1-2-5-25(24)20-35-28)32(39)37-16-13-22(14-17-37)27-7-3-6-23-12-15-34-30(23)27;5-3(6)1-2-4(7)8/h1-12,15,22,28-29,34-35H,13-14,16-20H2,(H,36,38);1-2H,(H,5,6)(H,7,8)/b;2-1+/t28-,29-;/m1./s1. The van der Waals surface area contributed by atoms with Crippen molar-refractivity contribution in [3.8, 4) is 0 Å². The molecule has 6 rings (SSSR count). The predicted octanol–water partition coefficient (Wildman–Crippen LogP) is 4.68. The summed E-state index contributed by atoms with van der Waals surface area (Å²) < 4.78 is 0. The SMILES string of the molecule is O=C(N[C@H](Cc1ccc(Cl)cc1)C(=O)N1CCC(c2cccc3cc[nH]c23)CC1)[C@H]1Cc2ccccc2CN1.O=C(O)/C=C/C(=O)O. The van der Waals surface area contributed by atoms with Crippen molar-refractivity contribution in [2.24, 2.45) is 0 Å². The van der Waals surface area contributed by atoms with Crippen LogP contribution in [0.1, 0.15) is 41.0 Å². The van der Waals surface area contributed by atoms with Crippen LogP contribution in [0.3, 0.4) is 0 Å². The number of aromatic amines is 1. The van der Waals surface area contributed by atoms with E-state index in [9.17, 15) is 19.2 Å². The van der Waals surface area contributed by atoms with E-state index in [1.54, 1.807) is 0 Å². The summed E-state index contributed by atoms with van der Waals surface area (Å²) in [4.78, 5) is 51.7. The number of carbonyl (C=O) groups is 4. The van der Waals surface area contributed by atoms with E-state index in [-0.39, 0.29) is 17.9 Å². The average molecular weight is 657 g/mol. The van der Waals surface area contributed by atoms with Crippen LogP contribution in [0.25, 0.3) is 10.9 Å². The molecule has 3 heterocycles. The van der Waals surface area contributed by atoms with Gasteiger partial charge in [0.25, 0.3) is 0 Å². The number of carboxylic acids is 2. The maximum Gasteiger partial charge on any atom is 0.328 e. The molecule has 244 valence electrons. The van der Waals surface area contributed by atoms with Crippen molar-refractivity contribution in [2.45, 2.75) is 50.2 Å². The topological polar surface area (TPSA) is 152 Å². The molecule has 47 heavy (non-hydrogen) atoms. The number of nitrogens with one attached hydrogen (secondary N) is 3. The van der Waals surface area contributed by atoms with Crippen LogP contribution >= 0.6 is 11.6 Å². The Kier molecular flexibility index (Phi) is 11.1. The van der Waals surface area contributed by atoms with Crippen molar-refractivity contribution in [2.75, 3.05) is 13.1 Å². The molecule has 0 aliphatic carbocycles. The van der Waals surface area contributed by atoms with Gasteiger partial charge in [0.05, 0.1) is 6.04 Å². The van der Waals surface area contributed by atoms with E-state index in [0.29, 0.717) is 55.6 Å². The monoisotopic (exact) mass is 656 g/mol. The molecule has 2 amide bonds. The number of carbonyl (C=O) groups excluding carboxylic acids is 2. The first-order valence-corrected chi connectivity index (χ1v) is 15.9. The van der Waals surface area contributed by atoms with Gasteiger partial charge in [-0.15, -0.1) is 0 Å². The Labute approximate surface area is 277 Å². The number of nitrogens with zero attached hydrogens (tertiary/aromatic N) is 1. The highest BCUT2D eigenvalue weighted by atomic mass is 35.5. The van der Waals surface area contributed by atoms with Gasteiger partial charge in [-0.1, -0.05) is 66.2 Å². The van der Waals surface area contributed by atoms with Crippen LogP contribution in [0.2, 0.25) is 5.02 Å². The van der Waals surface area contributed by atoms with Gasteiger partial charge in [0, 0.05) is 54.9 Å². The Bertz CT molecular complexity index is 1740. The molecule has 1 saturated heterocycles. The summed E-state index contributed by atoms with van der Waals surface area (Å²) in [6, 6.07) is 23.2. The number of halogens is 1. The molecule has 0 bridgehead atoms. The maximum atomic E-state index is 13.9. The average Bonchev–Trinajstić information content (AvgIpc) is 3.57. The Balaban J connectivity index is 0.000000483. The van der Waals surface area contributed by atoms with Crippen LogP contribution in [0.5, 0.6) is 0 Å². The lowest BCUT2D eigenvalue weighted by Gasteiger charge is -2.35. The first-order valence-electron chi connectivity index (χ1n) is 15.5. The van der Waals surface area contributed by atoms with Gasteiger partial charge in [0.1, 0.15) is 6.04 Å². The first kappa shape index (κ1) is 33.4. The van der Waals surface area contributed by atoms with E-state index < -0.39 is 18.0 Å². The fourth-order valence-corrected chi connectivity index (χ4v) is 6.32. The summed E-state index contributed by atoms with van der Waals surface area (Å²) >= 11 is 6.10.